The zero-order valence-corrected chi connectivity index (χ0v) is 12.9. The number of rotatable bonds is 3. The summed E-state index contributed by atoms with van der Waals surface area (Å²) in [5.74, 6) is 0.491. The molecule has 0 spiro atoms. The second-order valence-corrected chi connectivity index (χ2v) is 5.24. The smallest absolute Gasteiger partial charge is 0.357 e. The molecule has 1 aromatic carbocycles. The van der Waals surface area contributed by atoms with Crippen molar-refractivity contribution in [1.29, 1.82) is 0 Å². The van der Waals surface area contributed by atoms with E-state index < -0.39 is 11.7 Å². The van der Waals surface area contributed by atoms with Crippen molar-refractivity contribution in [2.75, 3.05) is 17.7 Å². The van der Waals surface area contributed by atoms with Crippen LogP contribution in [0.15, 0.2) is 28.9 Å². The van der Waals surface area contributed by atoms with Gasteiger partial charge in [-0.2, -0.15) is 18.2 Å². The molecule has 2 N–H and O–H groups in total. The predicted molar refractivity (Wildman–Crippen MR) is 79.0 cm³/mol. The standard InChI is InChI=1S/C12H9BrClF3N4/c1-18-11-19-5-8(13)10(21-11)20-9-3-2-6(14)4-7(9)12(15,16)17/h2-5H,1H3,(H2,18,19,20,21). The van der Waals surface area contributed by atoms with Crippen molar-refractivity contribution in [2.45, 2.75) is 6.18 Å². The molecule has 0 aliphatic rings. The molecule has 0 aliphatic carbocycles. The molecule has 4 nitrogen and oxygen atoms in total. The molecular formula is C12H9BrClF3N4. The van der Waals surface area contributed by atoms with Gasteiger partial charge in [0.1, 0.15) is 5.82 Å². The average Bonchev–Trinajstić information content (AvgIpc) is 2.42. The Balaban J connectivity index is 2.45. The molecule has 2 aromatic rings. The third kappa shape index (κ3) is 3.76. The summed E-state index contributed by atoms with van der Waals surface area (Å²) in [5, 5.41) is 5.35. The highest BCUT2D eigenvalue weighted by Crippen LogP contribution is 2.38. The Kier molecular flexibility index (Phi) is 4.58. The molecule has 0 fully saturated rings. The molecule has 1 aromatic heterocycles. The first-order chi connectivity index (χ1) is 9.81. The molecule has 0 radical (unpaired) electrons. The zero-order chi connectivity index (χ0) is 15.6. The van der Waals surface area contributed by atoms with Crippen LogP contribution >= 0.6 is 27.5 Å². The second-order valence-electron chi connectivity index (χ2n) is 3.95. The number of anilines is 3. The lowest BCUT2D eigenvalue weighted by Gasteiger charge is -2.15. The Morgan fingerprint density at radius 1 is 1.29 bits per heavy atom. The topological polar surface area (TPSA) is 49.8 Å². The summed E-state index contributed by atoms with van der Waals surface area (Å²) >= 11 is 8.82. The minimum Gasteiger partial charge on any atom is -0.357 e. The lowest BCUT2D eigenvalue weighted by Crippen LogP contribution is -2.10. The first-order valence-corrected chi connectivity index (χ1v) is 6.82. The highest BCUT2D eigenvalue weighted by molar-refractivity contribution is 9.10. The monoisotopic (exact) mass is 380 g/mol. The molecule has 0 aliphatic heterocycles. The quantitative estimate of drug-likeness (QED) is 0.809. The minimum atomic E-state index is -4.53. The summed E-state index contributed by atoms with van der Waals surface area (Å²) < 4.78 is 39.5. The molecule has 0 atom stereocenters. The molecule has 0 unspecified atom stereocenters. The Labute approximate surface area is 131 Å². The number of alkyl halides is 3. The van der Waals surface area contributed by atoms with Gasteiger partial charge < -0.3 is 10.6 Å². The molecule has 2 rings (SSSR count). The van der Waals surface area contributed by atoms with Gasteiger partial charge in [0, 0.05) is 18.3 Å². The number of nitrogens with one attached hydrogen (secondary N) is 2. The van der Waals surface area contributed by atoms with Crippen LogP contribution in [-0.4, -0.2) is 17.0 Å². The summed E-state index contributed by atoms with van der Waals surface area (Å²) in [5.41, 5.74) is -1.01. The molecule has 0 bridgehead atoms. The summed E-state index contributed by atoms with van der Waals surface area (Å²) in [6, 6.07) is 3.48. The normalized spacial score (nSPS) is 11.3. The highest BCUT2D eigenvalue weighted by atomic mass is 79.9. The van der Waals surface area contributed by atoms with Gasteiger partial charge in [-0.25, -0.2) is 4.98 Å². The van der Waals surface area contributed by atoms with Gasteiger partial charge in [0.15, 0.2) is 0 Å². The maximum absolute atomic E-state index is 13.0. The maximum atomic E-state index is 13.0. The number of nitrogens with zero attached hydrogens (tertiary/aromatic N) is 2. The third-order valence-corrected chi connectivity index (χ3v) is 3.32. The van der Waals surface area contributed by atoms with E-state index in [2.05, 4.69) is 36.5 Å². The minimum absolute atomic E-state index is 0.00513. The third-order valence-electron chi connectivity index (χ3n) is 2.51. The number of aromatic nitrogens is 2. The van der Waals surface area contributed by atoms with Gasteiger partial charge in [-0.3, -0.25) is 0 Å². The van der Waals surface area contributed by atoms with Gasteiger partial charge in [0.05, 0.1) is 15.7 Å². The summed E-state index contributed by atoms with van der Waals surface area (Å²) in [6.07, 6.45) is -3.09. The molecule has 0 amide bonds. The van der Waals surface area contributed by atoms with Crippen molar-refractivity contribution >= 4 is 45.0 Å². The van der Waals surface area contributed by atoms with Gasteiger partial charge in [0.2, 0.25) is 5.95 Å². The van der Waals surface area contributed by atoms with Crippen LogP contribution in [0.3, 0.4) is 0 Å². The fourth-order valence-electron chi connectivity index (χ4n) is 1.56. The maximum Gasteiger partial charge on any atom is 0.418 e. The fraction of sp³-hybridized carbons (Fsp3) is 0.167. The van der Waals surface area contributed by atoms with Gasteiger partial charge >= 0.3 is 6.18 Å². The number of hydrogen-bond donors (Lipinski definition) is 2. The largest absolute Gasteiger partial charge is 0.418 e. The summed E-state index contributed by atoms with van der Waals surface area (Å²) in [4.78, 5) is 7.98. The van der Waals surface area contributed by atoms with Crippen molar-refractivity contribution in [3.05, 3.63) is 39.5 Å². The van der Waals surface area contributed by atoms with E-state index >= 15 is 0 Å². The van der Waals surface area contributed by atoms with Crippen molar-refractivity contribution in [3.8, 4) is 0 Å². The number of benzene rings is 1. The Morgan fingerprint density at radius 3 is 2.62 bits per heavy atom. The van der Waals surface area contributed by atoms with Crippen molar-refractivity contribution < 1.29 is 13.2 Å². The van der Waals surface area contributed by atoms with Crippen LogP contribution in [-0.2, 0) is 6.18 Å². The van der Waals surface area contributed by atoms with Crippen molar-refractivity contribution in [3.63, 3.8) is 0 Å². The van der Waals surface area contributed by atoms with Crippen LogP contribution in [0, 0.1) is 0 Å². The SMILES string of the molecule is CNc1ncc(Br)c(Nc2ccc(Cl)cc2C(F)(F)F)n1. The number of hydrogen-bond acceptors (Lipinski definition) is 4. The molecule has 112 valence electrons. The van der Waals surface area contributed by atoms with E-state index in [0.29, 0.717) is 4.47 Å². The zero-order valence-electron chi connectivity index (χ0n) is 10.6. The lowest BCUT2D eigenvalue weighted by molar-refractivity contribution is -0.136. The highest BCUT2D eigenvalue weighted by Gasteiger charge is 2.34. The van der Waals surface area contributed by atoms with Crippen LogP contribution in [0.5, 0.6) is 0 Å². The molecule has 1 heterocycles. The van der Waals surface area contributed by atoms with E-state index in [1.807, 2.05) is 0 Å². The lowest BCUT2D eigenvalue weighted by atomic mass is 10.1. The first-order valence-electron chi connectivity index (χ1n) is 5.65. The van der Waals surface area contributed by atoms with E-state index in [9.17, 15) is 13.2 Å². The molecular weight excluding hydrogens is 373 g/mol. The summed E-state index contributed by atoms with van der Waals surface area (Å²) in [6.45, 7) is 0. The average molecular weight is 382 g/mol. The van der Waals surface area contributed by atoms with Crippen LogP contribution in [0.2, 0.25) is 5.02 Å². The van der Waals surface area contributed by atoms with E-state index in [0.717, 1.165) is 6.07 Å². The van der Waals surface area contributed by atoms with E-state index in [4.69, 9.17) is 11.6 Å². The van der Waals surface area contributed by atoms with E-state index in [1.165, 1.54) is 18.3 Å². The van der Waals surface area contributed by atoms with Crippen LogP contribution in [0.4, 0.5) is 30.6 Å². The van der Waals surface area contributed by atoms with E-state index in [1.54, 1.807) is 7.05 Å². The Hall–Kier alpha value is -1.54. The first kappa shape index (κ1) is 15.8. The fourth-order valence-corrected chi connectivity index (χ4v) is 2.03. The Morgan fingerprint density at radius 2 is 2.00 bits per heavy atom. The van der Waals surface area contributed by atoms with Crippen molar-refractivity contribution in [2.24, 2.45) is 0 Å². The molecule has 9 heteroatoms. The molecule has 0 saturated carbocycles. The van der Waals surface area contributed by atoms with Crippen LogP contribution in [0.25, 0.3) is 0 Å². The van der Waals surface area contributed by atoms with Crippen LogP contribution in [0.1, 0.15) is 5.56 Å². The van der Waals surface area contributed by atoms with Crippen molar-refractivity contribution in [1.82, 2.24) is 9.97 Å². The second kappa shape index (κ2) is 6.07. The molecule has 0 saturated heterocycles. The van der Waals surface area contributed by atoms with Gasteiger partial charge in [-0.1, -0.05) is 11.6 Å². The van der Waals surface area contributed by atoms with Gasteiger partial charge in [-0.15, -0.1) is 0 Å². The number of halogens is 5. The summed E-state index contributed by atoms with van der Waals surface area (Å²) in [7, 11) is 1.61. The van der Waals surface area contributed by atoms with Crippen LogP contribution < -0.4 is 10.6 Å². The molecule has 21 heavy (non-hydrogen) atoms. The van der Waals surface area contributed by atoms with Gasteiger partial charge in [0.25, 0.3) is 0 Å². The van der Waals surface area contributed by atoms with E-state index in [-0.39, 0.29) is 22.5 Å². The van der Waals surface area contributed by atoms with Gasteiger partial charge in [-0.05, 0) is 34.1 Å². The predicted octanol–water partition coefficient (Wildman–Crippen LogP) is 4.70. The Bertz CT molecular complexity index is 663.